The van der Waals surface area contributed by atoms with Crippen LogP contribution in [0.15, 0.2) is 12.4 Å². The molecule has 0 fully saturated rings. The number of rotatable bonds is 5. The van der Waals surface area contributed by atoms with E-state index in [1.54, 1.807) is 11.8 Å². The van der Waals surface area contributed by atoms with Gasteiger partial charge in [0.1, 0.15) is 11.5 Å². The molecule has 0 aliphatic heterocycles. The van der Waals surface area contributed by atoms with Gasteiger partial charge in [-0.25, -0.2) is 9.97 Å². The Morgan fingerprint density at radius 2 is 2.31 bits per heavy atom. The van der Waals surface area contributed by atoms with Crippen LogP contribution in [0.5, 0.6) is 0 Å². The van der Waals surface area contributed by atoms with Crippen LogP contribution in [-0.2, 0) is 0 Å². The van der Waals surface area contributed by atoms with Crippen LogP contribution < -0.4 is 11.1 Å². The van der Waals surface area contributed by atoms with Crippen molar-refractivity contribution in [1.29, 1.82) is 0 Å². The molecule has 0 aliphatic carbocycles. The molecular weight excluding hydrogens is 224 g/mol. The van der Waals surface area contributed by atoms with Crippen molar-refractivity contribution in [3.63, 3.8) is 0 Å². The molecule has 1 atom stereocenters. The monoisotopic (exact) mass is 240 g/mol. The number of nitrogen functional groups attached to an aromatic ring is 1. The molecule has 0 saturated heterocycles. The molecule has 1 heterocycles. The molecule has 6 heteroatoms. The maximum absolute atomic E-state index is 11.7. The van der Waals surface area contributed by atoms with Gasteiger partial charge < -0.3 is 11.1 Å². The van der Waals surface area contributed by atoms with Crippen molar-refractivity contribution in [3.8, 4) is 0 Å². The number of aromatic nitrogens is 2. The second-order valence-electron chi connectivity index (χ2n) is 3.48. The van der Waals surface area contributed by atoms with Crippen LogP contribution in [0.4, 0.5) is 5.82 Å². The first-order valence-corrected chi connectivity index (χ1v) is 6.40. The minimum atomic E-state index is -0.207. The lowest BCUT2D eigenvalue weighted by Gasteiger charge is -2.12. The number of hydrogen-bond donors (Lipinski definition) is 2. The van der Waals surface area contributed by atoms with E-state index in [0.717, 1.165) is 12.2 Å². The molecule has 16 heavy (non-hydrogen) atoms. The highest BCUT2D eigenvalue weighted by Gasteiger charge is 2.10. The van der Waals surface area contributed by atoms with Crippen LogP contribution in [-0.4, -0.2) is 33.9 Å². The van der Waals surface area contributed by atoms with E-state index in [9.17, 15) is 4.79 Å². The van der Waals surface area contributed by atoms with E-state index in [0.29, 0.717) is 11.5 Å². The Balaban J connectivity index is 2.48. The van der Waals surface area contributed by atoms with Gasteiger partial charge in [0.25, 0.3) is 5.91 Å². The number of amides is 1. The third-order valence-electron chi connectivity index (χ3n) is 2.04. The normalized spacial score (nSPS) is 12.1. The molecule has 0 radical (unpaired) electrons. The molecule has 1 amide bonds. The second kappa shape index (κ2) is 6.32. The van der Waals surface area contributed by atoms with Crippen LogP contribution in [0.2, 0.25) is 0 Å². The molecule has 0 spiro atoms. The summed E-state index contributed by atoms with van der Waals surface area (Å²) in [4.78, 5) is 19.4. The maximum atomic E-state index is 11.7. The van der Waals surface area contributed by atoms with Gasteiger partial charge >= 0.3 is 0 Å². The molecule has 0 aliphatic rings. The van der Waals surface area contributed by atoms with E-state index in [1.807, 2.05) is 13.2 Å². The predicted molar refractivity (Wildman–Crippen MR) is 66.4 cm³/mol. The van der Waals surface area contributed by atoms with Crippen molar-refractivity contribution >= 4 is 23.5 Å². The van der Waals surface area contributed by atoms with Crippen LogP contribution in [0.3, 0.4) is 0 Å². The minimum absolute atomic E-state index is 0.138. The molecule has 0 saturated carbocycles. The van der Waals surface area contributed by atoms with Crippen molar-refractivity contribution in [2.75, 3.05) is 17.7 Å². The number of nitrogens with zero attached hydrogens (tertiary/aromatic N) is 2. The van der Waals surface area contributed by atoms with Gasteiger partial charge in [-0.3, -0.25) is 4.79 Å². The Morgan fingerprint density at radius 1 is 1.56 bits per heavy atom. The molecule has 3 N–H and O–H groups in total. The summed E-state index contributed by atoms with van der Waals surface area (Å²) < 4.78 is 0. The highest BCUT2D eigenvalue weighted by atomic mass is 32.2. The smallest absolute Gasteiger partial charge is 0.271 e. The van der Waals surface area contributed by atoms with Crippen molar-refractivity contribution in [1.82, 2.24) is 15.3 Å². The quantitative estimate of drug-likeness (QED) is 0.800. The van der Waals surface area contributed by atoms with E-state index in [-0.39, 0.29) is 11.9 Å². The van der Waals surface area contributed by atoms with E-state index in [4.69, 9.17) is 5.73 Å². The molecule has 0 bridgehead atoms. The Morgan fingerprint density at radius 3 is 2.88 bits per heavy atom. The van der Waals surface area contributed by atoms with Gasteiger partial charge in [0.05, 0.1) is 12.4 Å². The van der Waals surface area contributed by atoms with Gasteiger partial charge in [0.2, 0.25) is 0 Å². The highest BCUT2D eigenvalue weighted by Crippen LogP contribution is 2.01. The van der Waals surface area contributed by atoms with Gasteiger partial charge in [-0.15, -0.1) is 0 Å². The number of nitrogens with two attached hydrogens (primary N) is 1. The Labute approximate surface area is 99.2 Å². The summed E-state index contributed by atoms with van der Waals surface area (Å²) in [5, 5.41) is 2.85. The summed E-state index contributed by atoms with van der Waals surface area (Å²) in [5.41, 5.74) is 5.68. The van der Waals surface area contributed by atoms with E-state index < -0.39 is 0 Å². The number of nitrogens with one attached hydrogen (secondary N) is 1. The molecule has 0 aromatic carbocycles. The lowest BCUT2D eigenvalue weighted by atomic mass is 10.2. The fourth-order valence-corrected chi connectivity index (χ4v) is 1.71. The highest BCUT2D eigenvalue weighted by molar-refractivity contribution is 7.98. The Hall–Kier alpha value is -1.30. The van der Waals surface area contributed by atoms with E-state index in [2.05, 4.69) is 15.3 Å². The van der Waals surface area contributed by atoms with Gasteiger partial charge in [0.15, 0.2) is 0 Å². The zero-order valence-electron chi connectivity index (χ0n) is 9.43. The van der Waals surface area contributed by atoms with Crippen LogP contribution in [0.1, 0.15) is 23.8 Å². The number of anilines is 1. The largest absolute Gasteiger partial charge is 0.382 e. The summed E-state index contributed by atoms with van der Waals surface area (Å²) >= 11 is 1.76. The Bertz CT molecular complexity index is 341. The summed E-state index contributed by atoms with van der Waals surface area (Å²) in [6.45, 7) is 1.97. The molecule has 5 nitrogen and oxygen atoms in total. The summed E-state index contributed by atoms with van der Waals surface area (Å²) in [5.74, 6) is 1.13. The number of carbonyl (C=O) groups is 1. The molecule has 88 valence electrons. The maximum Gasteiger partial charge on any atom is 0.271 e. The average molecular weight is 240 g/mol. The molecule has 1 unspecified atom stereocenters. The fourth-order valence-electron chi connectivity index (χ4n) is 1.12. The SMILES string of the molecule is CSCCC(C)NC(=O)c1cnc(N)cn1. The van der Waals surface area contributed by atoms with Crippen LogP contribution in [0.25, 0.3) is 0 Å². The molecule has 1 aromatic rings. The standard InChI is InChI=1S/C10H16N4OS/c1-7(3-4-16-2)14-10(15)8-5-13-9(11)6-12-8/h5-7H,3-4H2,1-2H3,(H2,11,13)(H,14,15). The van der Waals surface area contributed by atoms with Crippen molar-refractivity contribution in [3.05, 3.63) is 18.1 Å². The summed E-state index contributed by atoms with van der Waals surface area (Å²) in [6.07, 6.45) is 5.74. The lowest BCUT2D eigenvalue weighted by molar-refractivity contribution is 0.0934. The summed E-state index contributed by atoms with van der Waals surface area (Å²) in [6, 6.07) is 0.138. The first kappa shape index (κ1) is 12.8. The van der Waals surface area contributed by atoms with E-state index in [1.165, 1.54) is 12.4 Å². The third kappa shape index (κ3) is 4.06. The van der Waals surface area contributed by atoms with Gasteiger partial charge in [0, 0.05) is 6.04 Å². The molecular formula is C10H16N4OS. The van der Waals surface area contributed by atoms with Gasteiger partial charge in [-0.2, -0.15) is 11.8 Å². The fraction of sp³-hybridized carbons (Fsp3) is 0.500. The molecule has 1 rings (SSSR count). The second-order valence-corrected chi connectivity index (χ2v) is 4.47. The minimum Gasteiger partial charge on any atom is -0.382 e. The first-order valence-electron chi connectivity index (χ1n) is 5.00. The topological polar surface area (TPSA) is 80.9 Å². The number of hydrogen-bond acceptors (Lipinski definition) is 5. The van der Waals surface area contributed by atoms with Crippen LogP contribution >= 0.6 is 11.8 Å². The van der Waals surface area contributed by atoms with Gasteiger partial charge in [-0.1, -0.05) is 0 Å². The predicted octanol–water partition coefficient (Wildman–Crippen LogP) is 0.930. The van der Waals surface area contributed by atoms with Crippen molar-refractivity contribution < 1.29 is 4.79 Å². The van der Waals surface area contributed by atoms with Crippen molar-refractivity contribution in [2.45, 2.75) is 19.4 Å². The zero-order chi connectivity index (χ0) is 12.0. The summed E-state index contributed by atoms with van der Waals surface area (Å²) in [7, 11) is 0. The molecule has 1 aromatic heterocycles. The zero-order valence-corrected chi connectivity index (χ0v) is 10.3. The number of carbonyl (C=O) groups excluding carboxylic acids is 1. The van der Waals surface area contributed by atoms with Crippen LogP contribution in [0, 0.1) is 0 Å². The average Bonchev–Trinajstić information content (AvgIpc) is 2.27. The lowest BCUT2D eigenvalue weighted by Crippen LogP contribution is -2.33. The van der Waals surface area contributed by atoms with Gasteiger partial charge in [-0.05, 0) is 25.4 Å². The first-order chi connectivity index (χ1) is 7.63. The van der Waals surface area contributed by atoms with Crippen molar-refractivity contribution in [2.24, 2.45) is 0 Å². The number of thioether (sulfide) groups is 1. The Kier molecular flexibility index (Phi) is 5.04. The van der Waals surface area contributed by atoms with E-state index >= 15 is 0 Å². The third-order valence-corrected chi connectivity index (χ3v) is 2.68.